The summed E-state index contributed by atoms with van der Waals surface area (Å²) in [4.78, 5) is 12.3. The molecule has 162 valence electrons. The van der Waals surface area contributed by atoms with Crippen LogP contribution in [0.1, 0.15) is 27.9 Å². The molecule has 0 unspecified atom stereocenters. The Bertz CT molecular complexity index is 986. The third-order valence-electron chi connectivity index (χ3n) is 5.72. The van der Waals surface area contributed by atoms with Gasteiger partial charge in [-0.2, -0.15) is 0 Å². The maximum atomic E-state index is 12.3. The molecule has 30 heavy (non-hydrogen) atoms. The maximum absolute atomic E-state index is 12.3. The Labute approximate surface area is 171 Å². The number of ether oxygens (including phenoxy) is 2. The highest BCUT2D eigenvalue weighted by Crippen LogP contribution is 2.40. The zero-order valence-corrected chi connectivity index (χ0v) is 16.2. The first-order valence-corrected chi connectivity index (χ1v) is 9.69. The lowest BCUT2D eigenvalue weighted by Gasteiger charge is -2.39. The first-order chi connectivity index (χ1) is 14.2. The Morgan fingerprint density at radius 2 is 1.80 bits per heavy atom. The van der Waals surface area contributed by atoms with E-state index in [2.05, 4.69) is 0 Å². The van der Waals surface area contributed by atoms with Crippen LogP contribution in [0.25, 0.3) is 10.8 Å². The van der Waals surface area contributed by atoms with Gasteiger partial charge in [-0.1, -0.05) is 0 Å². The number of fused-ring (bicyclic) bond motifs is 2. The lowest BCUT2D eigenvalue weighted by molar-refractivity contribution is -0.277. The average molecular weight is 420 g/mol. The van der Waals surface area contributed by atoms with Gasteiger partial charge in [0.15, 0.2) is 5.78 Å². The van der Waals surface area contributed by atoms with E-state index in [4.69, 9.17) is 9.47 Å². The molecule has 2 aromatic carbocycles. The summed E-state index contributed by atoms with van der Waals surface area (Å²) in [6, 6.07) is 4.87. The Balaban J connectivity index is 1.71. The summed E-state index contributed by atoms with van der Waals surface area (Å²) in [5, 5.41) is 61.0. The zero-order valence-electron chi connectivity index (χ0n) is 16.2. The van der Waals surface area contributed by atoms with E-state index in [1.165, 1.54) is 0 Å². The van der Waals surface area contributed by atoms with E-state index in [1.54, 1.807) is 25.1 Å². The molecule has 0 aromatic heterocycles. The van der Waals surface area contributed by atoms with Crippen molar-refractivity contribution in [2.24, 2.45) is 0 Å². The average Bonchev–Trinajstić information content (AvgIpc) is 2.67. The van der Waals surface area contributed by atoms with Crippen molar-refractivity contribution in [1.82, 2.24) is 0 Å². The summed E-state index contributed by atoms with van der Waals surface area (Å²) in [5.41, 5.74) is 1.36. The molecular formula is C21H24O9. The van der Waals surface area contributed by atoms with E-state index in [-0.39, 0.29) is 35.7 Å². The number of ketones is 1. The van der Waals surface area contributed by atoms with Crippen LogP contribution in [0.5, 0.6) is 11.5 Å². The molecule has 1 aliphatic heterocycles. The van der Waals surface area contributed by atoms with Crippen LogP contribution in [0.3, 0.4) is 0 Å². The molecular weight excluding hydrogens is 396 g/mol. The molecule has 0 bridgehead atoms. The number of hydrogen-bond donors (Lipinski definition) is 6. The van der Waals surface area contributed by atoms with Crippen LogP contribution in [0.15, 0.2) is 18.2 Å². The maximum Gasteiger partial charge on any atom is 0.229 e. The van der Waals surface area contributed by atoms with Crippen molar-refractivity contribution >= 4 is 16.6 Å². The fraction of sp³-hybridized carbons (Fsp3) is 0.476. The van der Waals surface area contributed by atoms with E-state index in [0.717, 1.165) is 0 Å². The second-order valence-electron chi connectivity index (χ2n) is 7.90. The molecule has 1 aliphatic carbocycles. The van der Waals surface area contributed by atoms with E-state index in [1.807, 2.05) is 0 Å². The molecule has 6 N–H and O–H groups in total. The van der Waals surface area contributed by atoms with Crippen molar-refractivity contribution in [3.63, 3.8) is 0 Å². The second kappa shape index (κ2) is 7.77. The predicted molar refractivity (Wildman–Crippen MR) is 103 cm³/mol. The zero-order chi connectivity index (χ0) is 21.7. The van der Waals surface area contributed by atoms with Gasteiger partial charge in [0.2, 0.25) is 6.29 Å². The van der Waals surface area contributed by atoms with Crippen LogP contribution in [0.2, 0.25) is 0 Å². The fourth-order valence-electron chi connectivity index (χ4n) is 4.24. The molecule has 9 nitrogen and oxygen atoms in total. The van der Waals surface area contributed by atoms with Gasteiger partial charge in [-0.25, -0.2) is 0 Å². The van der Waals surface area contributed by atoms with Gasteiger partial charge in [-0.05, 0) is 48.1 Å². The van der Waals surface area contributed by atoms with E-state index < -0.39 is 43.4 Å². The van der Waals surface area contributed by atoms with Gasteiger partial charge in [-0.3, -0.25) is 4.79 Å². The number of aryl methyl sites for hydroxylation is 1. The first kappa shape index (κ1) is 21.0. The lowest BCUT2D eigenvalue weighted by Crippen LogP contribution is -2.60. The Kier molecular flexibility index (Phi) is 5.43. The van der Waals surface area contributed by atoms with Crippen LogP contribution < -0.4 is 4.74 Å². The van der Waals surface area contributed by atoms with Crippen LogP contribution in [0.4, 0.5) is 0 Å². The van der Waals surface area contributed by atoms with Crippen molar-refractivity contribution in [3.05, 3.63) is 34.9 Å². The van der Waals surface area contributed by atoms with Crippen LogP contribution in [-0.4, -0.2) is 79.8 Å². The number of aromatic hydroxyl groups is 1. The number of aliphatic hydroxyl groups excluding tert-OH is 5. The normalized spacial score (nSPS) is 31.6. The Morgan fingerprint density at radius 3 is 2.50 bits per heavy atom. The second-order valence-corrected chi connectivity index (χ2v) is 7.90. The van der Waals surface area contributed by atoms with Crippen molar-refractivity contribution in [2.45, 2.75) is 56.6 Å². The van der Waals surface area contributed by atoms with Gasteiger partial charge in [-0.15, -0.1) is 0 Å². The molecule has 2 aliphatic rings. The third-order valence-corrected chi connectivity index (χ3v) is 5.72. The van der Waals surface area contributed by atoms with Crippen molar-refractivity contribution in [3.8, 4) is 11.5 Å². The van der Waals surface area contributed by atoms with Crippen LogP contribution in [-0.2, 0) is 11.2 Å². The molecule has 1 fully saturated rings. The highest BCUT2D eigenvalue weighted by atomic mass is 16.7. The predicted octanol–water partition coefficient (Wildman–Crippen LogP) is -0.478. The summed E-state index contributed by atoms with van der Waals surface area (Å²) in [6.07, 6.45) is -7.66. The number of carbonyl (C=O) groups is 1. The number of rotatable bonds is 3. The van der Waals surface area contributed by atoms with Gasteiger partial charge in [0.05, 0.1) is 18.3 Å². The SMILES string of the molecule is Cc1cc(O[C@@H]2O[C@H](CO)[C@@H](O)[C@H](O)[C@H]2O)cc2cc3c(c(O)c12)C(=O)C[C@@H](O)C3. The monoisotopic (exact) mass is 420 g/mol. The molecule has 2 aromatic rings. The fourth-order valence-corrected chi connectivity index (χ4v) is 4.24. The minimum atomic E-state index is -1.56. The van der Waals surface area contributed by atoms with Crippen LogP contribution >= 0.6 is 0 Å². The molecule has 1 heterocycles. The van der Waals surface area contributed by atoms with Crippen molar-refractivity contribution in [1.29, 1.82) is 0 Å². The Hall–Kier alpha value is -2.27. The first-order valence-electron chi connectivity index (χ1n) is 9.69. The molecule has 9 heteroatoms. The quantitative estimate of drug-likeness (QED) is 0.386. The number of phenolic OH excluding ortho intramolecular Hbond substituents is 1. The molecule has 4 rings (SSSR count). The number of hydrogen-bond acceptors (Lipinski definition) is 9. The number of carbonyl (C=O) groups excluding carboxylic acids is 1. The topological polar surface area (TPSA) is 157 Å². The summed E-state index contributed by atoms with van der Waals surface area (Å²) in [6.45, 7) is 1.15. The molecule has 6 atom stereocenters. The summed E-state index contributed by atoms with van der Waals surface area (Å²) >= 11 is 0. The minimum Gasteiger partial charge on any atom is -0.507 e. The number of aliphatic hydroxyl groups is 5. The highest BCUT2D eigenvalue weighted by molar-refractivity contribution is 6.08. The highest BCUT2D eigenvalue weighted by Gasteiger charge is 2.44. The molecule has 0 saturated carbocycles. The van der Waals surface area contributed by atoms with E-state index in [0.29, 0.717) is 21.9 Å². The Morgan fingerprint density at radius 1 is 1.07 bits per heavy atom. The molecule has 0 spiro atoms. The summed E-state index contributed by atoms with van der Waals surface area (Å²) < 4.78 is 11.1. The van der Waals surface area contributed by atoms with E-state index in [9.17, 15) is 35.4 Å². The van der Waals surface area contributed by atoms with Gasteiger partial charge in [0.1, 0.15) is 35.9 Å². The summed E-state index contributed by atoms with van der Waals surface area (Å²) in [7, 11) is 0. The smallest absolute Gasteiger partial charge is 0.229 e. The van der Waals surface area contributed by atoms with Crippen molar-refractivity contribution in [2.75, 3.05) is 6.61 Å². The van der Waals surface area contributed by atoms with Gasteiger partial charge in [0, 0.05) is 11.8 Å². The van der Waals surface area contributed by atoms with E-state index >= 15 is 0 Å². The molecule has 0 amide bonds. The van der Waals surface area contributed by atoms with Crippen LogP contribution in [0, 0.1) is 6.92 Å². The summed E-state index contributed by atoms with van der Waals surface area (Å²) in [5.74, 6) is -0.202. The number of benzene rings is 2. The van der Waals surface area contributed by atoms with Gasteiger partial charge >= 0.3 is 0 Å². The molecule has 0 radical (unpaired) electrons. The van der Waals surface area contributed by atoms with Crippen molar-refractivity contribution < 1.29 is 44.9 Å². The standard InChI is InChI=1S/C21H24O9/c1-8-2-12(29-21-20(28)19(27)17(25)14(7-22)30-21)5-10-3-9-4-11(23)6-13(24)16(9)18(26)15(8)10/h2-3,5,11,14,17,19-23,25-28H,4,6-7H2,1H3/t11-,14+,17+,19-,20+,21+/m0/s1. The van der Waals surface area contributed by atoms with Gasteiger partial charge < -0.3 is 40.1 Å². The molecule has 1 saturated heterocycles. The number of phenols is 1. The number of Topliss-reactive ketones (excluding diaryl/α,β-unsaturated/α-hetero) is 1. The van der Waals surface area contributed by atoms with Gasteiger partial charge in [0.25, 0.3) is 0 Å². The lowest BCUT2D eigenvalue weighted by atomic mass is 9.85. The third kappa shape index (κ3) is 3.43. The largest absolute Gasteiger partial charge is 0.507 e. The minimum absolute atomic E-state index is 0.0383.